The summed E-state index contributed by atoms with van der Waals surface area (Å²) < 4.78 is 2.18. The van der Waals surface area contributed by atoms with Crippen LogP contribution < -0.4 is 5.32 Å². The number of hydrogen-bond acceptors (Lipinski definition) is 5. The van der Waals surface area contributed by atoms with Gasteiger partial charge in [-0.15, -0.1) is 27.1 Å². The molecule has 2 aromatic heterocycles. The Morgan fingerprint density at radius 1 is 1.04 bits per heavy atom. The Balaban J connectivity index is 1.35. The lowest BCUT2D eigenvalue weighted by Gasteiger charge is -2.29. The molecule has 5 nitrogen and oxygen atoms in total. The predicted molar refractivity (Wildman–Crippen MR) is 105 cm³/mol. The van der Waals surface area contributed by atoms with Crippen molar-refractivity contribution < 1.29 is 0 Å². The number of aromatic nitrogens is 4. The smallest absolute Gasteiger partial charge is 0.178 e. The first-order valence-corrected chi connectivity index (χ1v) is 10.3. The number of anilines is 1. The molecule has 0 saturated heterocycles. The highest BCUT2D eigenvalue weighted by Gasteiger charge is 2.35. The molecule has 2 fully saturated rings. The Hall–Kier alpha value is -2.08. The van der Waals surface area contributed by atoms with Crippen molar-refractivity contribution in [2.45, 2.75) is 54.1 Å². The normalized spacial score (nSPS) is 19.1. The van der Waals surface area contributed by atoms with E-state index in [4.69, 9.17) is 5.10 Å². The summed E-state index contributed by atoms with van der Waals surface area (Å²) in [5, 5.41) is 16.9. The van der Waals surface area contributed by atoms with Gasteiger partial charge in [-0.25, -0.2) is 0 Å². The summed E-state index contributed by atoms with van der Waals surface area (Å²) in [5.74, 6) is 2.47. The molecular weight excluding hydrogens is 342 g/mol. The number of benzene rings is 1. The number of nitrogens with one attached hydrogen (secondary N) is 1. The molecule has 2 aliphatic carbocycles. The first kappa shape index (κ1) is 16.1. The van der Waals surface area contributed by atoms with Gasteiger partial charge in [0.25, 0.3) is 0 Å². The van der Waals surface area contributed by atoms with Crippen molar-refractivity contribution in [1.82, 2.24) is 19.8 Å². The van der Waals surface area contributed by atoms with Gasteiger partial charge in [0.2, 0.25) is 0 Å². The minimum atomic E-state index is 0.254. The highest BCUT2D eigenvalue weighted by molar-refractivity contribution is 8.00. The van der Waals surface area contributed by atoms with E-state index >= 15 is 0 Å². The number of thioether (sulfide) groups is 1. The van der Waals surface area contributed by atoms with Crippen molar-refractivity contribution in [3.63, 3.8) is 0 Å². The van der Waals surface area contributed by atoms with Gasteiger partial charge in [-0.3, -0.25) is 0 Å². The lowest BCUT2D eigenvalue weighted by Crippen LogP contribution is -2.30. The van der Waals surface area contributed by atoms with Crippen molar-refractivity contribution in [3.8, 4) is 0 Å². The maximum Gasteiger partial charge on any atom is 0.178 e. The molecule has 1 aromatic carbocycles. The minimum absolute atomic E-state index is 0.254. The van der Waals surface area contributed by atoms with Gasteiger partial charge >= 0.3 is 0 Å². The standard InChI is InChI=1S/C20H23N5S/c1-2-6-16(7-3-1)26-20(12-4-5-13-20)14-21-17-10-11-18-22-23-19(15-8-9-15)25(18)24-17/h1-3,6-7,10-11,15H,4-5,8-9,12-14H2,(H,21,24). The molecule has 0 radical (unpaired) electrons. The first-order chi connectivity index (χ1) is 12.8. The number of nitrogens with zero attached hydrogens (tertiary/aromatic N) is 4. The van der Waals surface area contributed by atoms with Crippen LogP contribution in [0.25, 0.3) is 5.65 Å². The van der Waals surface area contributed by atoms with E-state index in [0.717, 1.165) is 23.8 Å². The molecule has 6 heteroatoms. The van der Waals surface area contributed by atoms with Crippen LogP contribution >= 0.6 is 11.8 Å². The number of fused-ring (bicyclic) bond motifs is 1. The second kappa shape index (κ2) is 6.58. The molecule has 0 unspecified atom stereocenters. The Kier molecular flexibility index (Phi) is 4.08. The Labute approximate surface area is 157 Å². The molecule has 3 aromatic rings. The third-order valence-electron chi connectivity index (χ3n) is 5.41. The van der Waals surface area contributed by atoms with Gasteiger partial charge in [0, 0.05) is 22.1 Å². The van der Waals surface area contributed by atoms with E-state index in [2.05, 4.69) is 45.8 Å². The molecule has 2 aliphatic rings. The summed E-state index contributed by atoms with van der Waals surface area (Å²) in [4.78, 5) is 1.36. The summed E-state index contributed by atoms with van der Waals surface area (Å²) >= 11 is 2.02. The van der Waals surface area contributed by atoms with Crippen LogP contribution in [0.2, 0.25) is 0 Å². The van der Waals surface area contributed by atoms with Crippen LogP contribution in [-0.4, -0.2) is 31.1 Å². The van der Waals surface area contributed by atoms with E-state index in [-0.39, 0.29) is 4.75 Å². The van der Waals surface area contributed by atoms with Crippen LogP contribution in [0, 0.1) is 0 Å². The van der Waals surface area contributed by atoms with Crippen molar-refractivity contribution in [2.24, 2.45) is 0 Å². The van der Waals surface area contributed by atoms with Crippen LogP contribution in [-0.2, 0) is 0 Å². The fraction of sp³-hybridized carbons (Fsp3) is 0.450. The van der Waals surface area contributed by atoms with E-state index in [1.165, 1.54) is 43.4 Å². The van der Waals surface area contributed by atoms with Crippen molar-refractivity contribution in [1.29, 1.82) is 0 Å². The average molecular weight is 366 g/mol. The van der Waals surface area contributed by atoms with Gasteiger partial charge < -0.3 is 5.32 Å². The van der Waals surface area contributed by atoms with Gasteiger partial charge in [0.1, 0.15) is 5.82 Å². The minimum Gasteiger partial charge on any atom is -0.367 e. The maximum absolute atomic E-state index is 4.77. The number of hydrogen-bond donors (Lipinski definition) is 1. The zero-order valence-electron chi connectivity index (χ0n) is 14.8. The largest absolute Gasteiger partial charge is 0.367 e. The van der Waals surface area contributed by atoms with Crippen molar-refractivity contribution in [3.05, 3.63) is 48.3 Å². The SMILES string of the molecule is c1ccc(SC2(CNc3ccc4nnc(C5CC5)n4n3)CCCC2)cc1. The van der Waals surface area contributed by atoms with E-state index in [0.29, 0.717) is 5.92 Å². The fourth-order valence-corrected chi connectivity index (χ4v) is 5.25. The average Bonchev–Trinajstić information content (AvgIpc) is 3.27. The molecule has 2 saturated carbocycles. The predicted octanol–water partition coefficient (Wildman–Crippen LogP) is 4.52. The van der Waals surface area contributed by atoms with Gasteiger partial charge in [-0.05, 0) is 49.9 Å². The maximum atomic E-state index is 4.77. The second-order valence-electron chi connectivity index (χ2n) is 7.48. The topological polar surface area (TPSA) is 55.1 Å². The van der Waals surface area contributed by atoms with E-state index < -0.39 is 0 Å². The zero-order valence-corrected chi connectivity index (χ0v) is 15.6. The van der Waals surface area contributed by atoms with E-state index in [1.807, 2.05) is 28.4 Å². The summed E-state index contributed by atoms with van der Waals surface area (Å²) in [5.41, 5.74) is 0.840. The molecule has 5 rings (SSSR count). The summed E-state index contributed by atoms with van der Waals surface area (Å²) in [7, 11) is 0. The lowest BCUT2D eigenvalue weighted by atomic mass is 10.1. The molecule has 0 spiro atoms. The third kappa shape index (κ3) is 3.18. The van der Waals surface area contributed by atoms with Gasteiger partial charge in [-0.2, -0.15) is 4.52 Å². The third-order valence-corrected chi connectivity index (χ3v) is 6.91. The van der Waals surface area contributed by atoms with Crippen LogP contribution in [0.1, 0.15) is 50.3 Å². The monoisotopic (exact) mass is 365 g/mol. The summed E-state index contributed by atoms with van der Waals surface area (Å²) in [6.45, 7) is 0.936. The summed E-state index contributed by atoms with van der Waals surface area (Å²) in [6.07, 6.45) is 7.54. The van der Waals surface area contributed by atoms with Crippen LogP contribution in [0.15, 0.2) is 47.4 Å². The molecule has 134 valence electrons. The highest BCUT2D eigenvalue weighted by Crippen LogP contribution is 2.45. The highest BCUT2D eigenvalue weighted by atomic mass is 32.2. The van der Waals surface area contributed by atoms with Crippen molar-refractivity contribution >= 4 is 23.2 Å². The van der Waals surface area contributed by atoms with E-state index in [9.17, 15) is 0 Å². The molecule has 0 aliphatic heterocycles. The number of rotatable bonds is 6. The van der Waals surface area contributed by atoms with Crippen LogP contribution in [0.4, 0.5) is 5.82 Å². The van der Waals surface area contributed by atoms with Crippen LogP contribution in [0.3, 0.4) is 0 Å². The van der Waals surface area contributed by atoms with E-state index in [1.54, 1.807) is 0 Å². The first-order valence-electron chi connectivity index (χ1n) is 9.52. The Morgan fingerprint density at radius 3 is 2.62 bits per heavy atom. The van der Waals surface area contributed by atoms with Gasteiger partial charge in [0.15, 0.2) is 11.5 Å². The molecule has 26 heavy (non-hydrogen) atoms. The van der Waals surface area contributed by atoms with Crippen LogP contribution in [0.5, 0.6) is 0 Å². The quantitative estimate of drug-likeness (QED) is 0.696. The molecule has 0 atom stereocenters. The molecule has 0 bridgehead atoms. The molecule has 2 heterocycles. The van der Waals surface area contributed by atoms with Gasteiger partial charge in [0.05, 0.1) is 0 Å². The van der Waals surface area contributed by atoms with Gasteiger partial charge in [-0.1, -0.05) is 31.0 Å². The Bertz CT molecular complexity index is 897. The summed E-state index contributed by atoms with van der Waals surface area (Å²) in [6, 6.07) is 14.8. The fourth-order valence-electron chi connectivity index (χ4n) is 3.82. The Morgan fingerprint density at radius 2 is 1.85 bits per heavy atom. The molecule has 0 amide bonds. The second-order valence-corrected chi connectivity index (χ2v) is 9.02. The lowest BCUT2D eigenvalue weighted by molar-refractivity contribution is 0.635. The van der Waals surface area contributed by atoms with Crippen molar-refractivity contribution in [2.75, 3.05) is 11.9 Å². The molecule has 1 N–H and O–H groups in total. The zero-order chi connectivity index (χ0) is 17.4. The molecular formula is C20H23N5S.